The summed E-state index contributed by atoms with van der Waals surface area (Å²) < 4.78 is 73.2. The summed E-state index contributed by atoms with van der Waals surface area (Å²) in [5.74, 6) is -1.83. The summed E-state index contributed by atoms with van der Waals surface area (Å²) in [5.41, 5.74) is 1.07. The number of hydrogen-bond acceptors (Lipinski definition) is 10. The van der Waals surface area contributed by atoms with Crippen LogP contribution in [-0.4, -0.2) is 61.0 Å². The molecule has 6 rings (SSSR count). The molecule has 13 nitrogen and oxygen atoms in total. The minimum atomic E-state index is -4.90. The lowest BCUT2D eigenvalue weighted by molar-refractivity contribution is -0.141. The first-order valence-electron chi connectivity index (χ1n) is 12.3. The van der Waals surface area contributed by atoms with Gasteiger partial charge in [0.05, 0.1) is 38.8 Å². The zero-order valence-corrected chi connectivity index (χ0v) is 22.6. The fraction of sp³-hybridized carbons (Fsp3) is 0.192. The fourth-order valence-electron chi connectivity index (χ4n) is 5.42. The minimum absolute atomic E-state index is 0.0197. The third kappa shape index (κ3) is 4.52. The zero-order valence-electron chi connectivity index (χ0n) is 20.9. The van der Waals surface area contributed by atoms with E-state index in [0.29, 0.717) is 36.0 Å². The van der Waals surface area contributed by atoms with Gasteiger partial charge in [-0.05, 0) is 37.1 Å². The van der Waals surface area contributed by atoms with Crippen LogP contribution in [0.3, 0.4) is 0 Å². The van der Waals surface area contributed by atoms with Crippen LogP contribution in [0.1, 0.15) is 28.8 Å². The second-order valence-electron chi connectivity index (χ2n) is 9.78. The monoisotopic (exact) mass is 599 g/mol. The maximum Gasteiger partial charge on any atom is 0.308 e. The van der Waals surface area contributed by atoms with Gasteiger partial charge in [0, 0.05) is 24.2 Å². The van der Waals surface area contributed by atoms with Crippen LogP contribution >= 0.6 is 0 Å². The van der Waals surface area contributed by atoms with E-state index in [9.17, 15) is 40.6 Å². The van der Waals surface area contributed by atoms with Crippen molar-refractivity contribution in [3.8, 4) is 11.3 Å². The normalized spacial score (nSPS) is 17.0. The van der Waals surface area contributed by atoms with Crippen molar-refractivity contribution in [1.82, 2.24) is 5.16 Å². The molecule has 1 aliphatic heterocycles. The molecule has 3 aromatic carbocycles. The second-order valence-corrected chi connectivity index (χ2v) is 12.6. The van der Waals surface area contributed by atoms with E-state index < -0.39 is 53.4 Å². The lowest BCUT2D eigenvalue weighted by Crippen LogP contribution is -2.38. The summed E-state index contributed by atoms with van der Waals surface area (Å²) in [6.45, 7) is 0.587. The maximum atomic E-state index is 13.8. The number of aliphatic carboxylic acids is 1. The van der Waals surface area contributed by atoms with Crippen molar-refractivity contribution in [2.45, 2.75) is 22.6 Å². The molecule has 0 bridgehead atoms. The van der Waals surface area contributed by atoms with E-state index >= 15 is 0 Å². The first-order chi connectivity index (χ1) is 19.3. The van der Waals surface area contributed by atoms with Gasteiger partial charge in [-0.2, -0.15) is 16.8 Å². The number of aromatic nitrogens is 1. The van der Waals surface area contributed by atoms with Gasteiger partial charge in [-0.15, -0.1) is 0 Å². The lowest BCUT2D eigenvalue weighted by atomic mass is 9.86. The molecule has 41 heavy (non-hydrogen) atoms. The molecule has 0 unspecified atom stereocenters. The van der Waals surface area contributed by atoms with E-state index in [4.69, 9.17) is 4.52 Å². The van der Waals surface area contributed by atoms with Crippen molar-refractivity contribution >= 4 is 60.0 Å². The Balaban J connectivity index is 1.62. The molecule has 2 heterocycles. The number of ketones is 1. The highest BCUT2D eigenvalue weighted by Gasteiger charge is 2.35. The molecule has 1 aromatic heterocycles. The number of carboxylic acids is 1. The first-order valence-corrected chi connectivity index (χ1v) is 15.2. The number of carboxylic acid groups (broad SMARTS) is 1. The molecule has 4 aromatic rings. The van der Waals surface area contributed by atoms with Crippen LogP contribution < -0.4 is 10.2 Å². The van der Waals surface area contributed by atoms with E-state index in [1.807, 2.05) is 0 Å². The molecule has 0 spiro atoms. The van der Waals surface area contributed by atoms with E-state index in [-0.39, 0.29) is 34.6 Å². The van der Waals surface area contributed by atoms with E-state index in [1.54, 1.807) is 29.2 Å². The van der Waals surface area contributed by atoms with Crippen LogP contribution in [-0.2, 0) is 25.0 Å². The Morgan fingerprint density at radius 1 is 1.00 bits per heavy atom. The van der Waals surface area contributed by atoms with Crippen LogP contribution in [0.25, 0.3) is 22.2 Å². The van der Waals surface area contributed by atoms with Crippen molar-refractivity contribution < 1.29 is 45.2 Å². The number of anilines is 3. The van der Waals surface area contributed by atoms with Crippen LogP contribution in [0.5, 0.6) is 0 Å². The smallest absolute Gasteiger partial charge is 0.308 e. The summed E-state index contributed by atoms with van der Waals surface area (Å²) in [4.78, 5) is 26.0. The number of piperidine rings is 1. The molecule has 15 heteroatoms. The third-order valence-electron chi connectivity index (χ3n) is 7.29. The van der Waals surface area contributed by atoms with Gasteiger partial charge in [0.1, 0.15) is 10.4 Å². The Labute approximate surface area is 232 Å². The first kappa shape index (κ1) is 26.9. The molecule has 0 radical (unpaired) electrons. The third-order valence-corrected chi connectivity index (χ3v) is 9.05. The van der Waals surface area contributed by atoms with Gasteiger partial charge in [-0.3, -0.25) is 18.7 Å². The van der Waals surface area contributed by atoms with Crippen LogP contribution in [0.15, 0.2) is 62.8 Å². The number of fused-ring (bicyclic) bond motifs is 2. The number of benzene rings is 3. The molecule has 2 aliphatic rings. The van der Waals surface area contributed by atoms with E-state index in [0.717, 1.165) is 18.2 Å². The van der Waals surface area contributed by atoms with Crippen molar-refractivity contribution in [2.24, 2.45) is 5.92 Å². The minimum Gasteiger partial charge on any atom is -0.481 e. The van der Waals surface area contributed by atoms with Crippen LogP contribution in [0, 0.1) is 5.92 Å². The number of carbonyl (C=O) groups is 2. The summed E-state index contributed by atoms with van der Waals surface area (Å²) in [6, 6.07) is 10.5. The summed E-state index contributed by atoms with van der Waals surface area (Å²) in [7, 11) is -9.68. The van der Waals surface area contributed by atoms with Gasteiger partial charge in [-0.1, -0.05) is 29.4 Å². The van der Waals surface area contributed by atoms with E-state index in [1.165, 1.54) is 6.07 Å². The molecule has 212 valence electrons. The number of hydrogen-bond donors (Lipinski definition) is 4. The van der Waals surface area contributed by atoms with Crippen LogP contribution in [0.4, 0.5) is 17.1 Å². The quantitative estimate of drug-likeness (QED) is 0.206. The van der Waals surface area contributed by atoms with Crippen molar-refractivity contribution in [1.29, 1.82) is 0 Å². The molecular formula is C26H21N3O10S2. The summed E-state index contributed by atoms with van der Waals surface area (Å²) in [5, 5.41) is 16.9. The van der Waals surface area contributed by atoms with Gasteiger partial charge >= 0.3 is 5.97 Å². The van der Waals surface area contributed by atoms with Crippen molar-refractivity contribution in [3.63, 3.8) is 0 Å². The number of rotatable bonds is 6. The summed E-state index contributed by atoms with van der Waals surface area (Å²) in [6.07, 6.45) is 1.02. The van der Waals surface area contributed by atoms with Crippen molar-refractivity contribution in [3.05, 3.63) is 59.7 Å². The molecule has 4 N–H and O–H groups in total. The largest absolute Gasteiger partial charge is 0.481 e. The predicted molar refractivity (Wildman–Crippen MR) is 145 cm³/mol. The standard InChI is InChI=1S/C26H21N3O10S2/c30-24-15-5-1-2-6-16(15)25-22-21(24)18(27-17-10-14(40(33,34)35)7-8-20(17)41(36,37)38)11-19(23(22)28-39-25)29-9-3-4-13(12-29)26(31)32/h1-2,5-8,10-11,13,27H,3-4,9,12H2,(H,31,32)(H,33,34,35)(H,36,37,38)/t13-/m1/s1. The molecular weight excluding hydrogens is 578 g/mol. The van der Waals surface area contributed by atoms with Gasteiger partial charge < -0.3 is 19.8 Å². The molecule has 0 amide bonds. The average molecular weight is 600 g/mol. The van der Waals surface area contributed by atoms with Crippen LogP contribution in [0.2, 0.25) is 0 Å². The predicted octanol–water partition coefficient (Wildman–Crippen LogP) is 3.58. The van der Waals surface area contributed by atoms with Gasteiger partial charge in [0.15, 0.2) is 11.5 Å². The Morgan fingerprint density at radius 2 is 1.73 bits per heavy atom. The Kier molecular flexibility index (Phi) is 6.15. The zero-order chi connectivity index (χ0) is 29.3. The Morgan fingerprint density at radius 3 is 2.41 bits per heavy atom. The lowest BCUT2D eigenvalue weighted by Gasteiger charge is -2.33. The Hall–Kier alpha value is -4.31. The average Bonchev–Trinajstić information content (AvgIpc) is 3.36. The van der Waals surface area contributed by atoms with E-state index in [2.05, 4.69) is 10.5 Å². The number of nitrogens with one attached hydrogen (secondary N) is 1. The number of carbonyl (C=O) groups excluding carboxylic acids is 1. The maximum absolute atomic E-state index is 13.8. The molecule has 1 fully saturated rings. The molecule has 1 saturated heterocycles. The highest BCUT2D eigenvalue weighted by atomic mass is 32.2. The highest BCUT2D eigenvalue weighted by Crippen LogP contribution is 2.47. The fourth-order valence-corrected chi connectivity index (χ4v) is 6.55. The highest BCUT2D eigenvalue weighted by molar-refractivity contribution is 7.86. The number of nitrogens with zero attached hydrogens (tertiary/aromatic N) is 2. The topological polar surface area (TPSA) is 204 Å². The van der Waals surface area contributed by atoms with Gasteiger partial charge in [-0.25, -0.2) is 0 Å². The molecule has 1 atom stereocenters. The molecule has 0 saturated carbocycles. The van der Waals surface area contributed by atoms with Crippen molar-refractivity contribution in [2.75, 3.05) is 23.3 Å². The molecule has 1 aliphatic carbocycles. The van der Waals surface area contributed by atoms with Gasteiger partial charge in [0.2, 0.25) is 0 Å². The second kappa shape index (κ2) is 9.37. The Bertz CT molecular complexity index is 2000. The van der Waals surface area contributed by atoms with Gasteiger partial charge in [0.25, 0.3) is 20.2 Å². The summed E-state index contributed by atoms with van der Waals surface area (Å²) >= 11 is 0. The SMILES string of the molecule is O=C1c2ccccc2-c2onc3c(N4CCC[C@@H](C(=O)O)C4)cc(Nc4cc(S(=O)(=O)O)ccc4S(=O)(=O)O)c1c23.